The van der Waals surface area contributed by atoms with Crippen LogP contribution in [0.5, 0.6) is 0 Å². The summed E-state index contributed by atoms with van der Waals surface area (Å²) < 4.78 is 2.15. The minimum absolute atomic E-state index is 0.795. The lowest BCUT2D eigenvalue weighted by Gasteiger charge is -2.18. The van der Waals surface area contributed by atoms with Gasteiger partial charge in [0.2, 0.25) is 0 Å². The van der Waals surface area contributed by atoms with Crippen molar-refractivity contribution in [3.05, 3.63) is 12.2 Å². The first-order chi connectivity index (χ1) is 4.86. The van der Waals surface area contributed by atoms with E-state index in [-0.39, 0.29) is 0 Å². The van der Waals surface area contributed by atoms with Crippen LogP contribution in [0.4, 0.5) is 0 Å². The molecule has 0 bridgehead atoms. The lowest BCUT2D eigenvalue weighted by atomic mass is 10.0. The first-order valence-electron chi connectivity index (χ1n) is 3.73. The third-order valence-electron chi connectivity index (χ3n) is 2.06. The molecule has 0 aliphatic carbocycles. The molecular weight excluding hydrogens is 126 g/mol. The smallest absolute Gasteiger partial charge is 0.132 e. The Labute approximate surface area is 60.1 Å². The number of rotatable bonds is 0. The van der Waals surface area contributed by atoms with E-state index in [0.717, 1.165) is 24.7 Å². The molecule has 3 heteroatoms. The number of aryl methyl sites for hydroxylation is 1. The molecule has 1 aliphatic rings. The molecule has 0 aromatic carbocycles. The molecule has 0 saturated carbocycles. The maximum Gasteiger partial charge on any atom is 0.132 e. The highest BCUT2D eigenvalue weighted by atomic mass is 15.3. The highest BCUT2D eigenvalue weighted by molar-refractivity contribution is 4.90. The highest BCUT2D eigenvalue weighted by Gasteiger charge is 2.14. The average Bonchev–Trinajstić information content (AvgIpc) is 2.33. The van der Waals surface area contributed by atoms with Crippen molar-refractivity contribution in [2.45, 2.75) is 26.3 Å². The van der Waals surface area contributed by atoms with Crippen molar-refractivity contribution in [3.63, 3.8) is 0 Å². The molecule has 2 heterocycles. The summed E-state index contributed by atoms with van der Waals surface area (Å²) in [6.07, 6.45) is 4.19. The molecule has 1 aliphatic heterocycles. The van der Waals surface area contributed by atoms with Gasteiger partial charge in [0.15, 0.2) is 0 Å². The van der Waals surface area contributed by atoms with Crippen LogP contribution in [0.2, 0.25) is 0 Å². The number of aromatic nitrogens is 3. The molecule has 1 aromatic rings. The predicted octanol–water partition coefficient (Wildman–Crippen LogP) is 0.860. The zero-order valence-corrected chi connectivity index (χ0v) is 6.12. The van der Waals surface area contributed by atoms with Crippen LogP contribution in [0, 0.1) is 5.92 Å². The van der Waals surface area contributed by atoms with Crippen molar-refractivity contribution in [1.29, 1.82) is 0 Å². The number of hydrogen-bond donors (Lipinski definition) is 0. The van der Waals surface area contributed by atoms with E-state index < -0.39 is 0 Å². The third kappa shape index (κ3) is 0.818. The van der Waals surface area contributed by atoms with Gasteiger partial charge in [-0.15, -0.1) is 10.2 Å². The van der Waals surface area contributed by atoms with E-state index in [1.165, 1.54) is 6.42 Å². The van der Waals surface area contributed by atoms with Crippen LogP contribution in [0.3, 0.4) is 0 Å². The van der Waals surface area contributed by atoms with E-state index in [4.69, 9.17) is 0 Å². The topological polar surface area (TPSA) is 30.7 Å². The maximum atomic E-state index is 4.00. The zero-order chi connectivity index (χ0) is 6.97. The Morgan fingerprint density at radius 1 is 1.70 bits per heavy atom. The molecule has 3 nitrogen and oxygen atoms in total. The second-order valence-corrected chi connectivity index (χ2v) is 3.04. The maximum absolute atomic E-state index is 4.00. The number of nitrogens with zero attached hydrogens (tertiary/aromatic N) is 3. The Kier molecular flexibility index (Phi) is 1.22. The molecule has 0 fully saturated rings. The Hall–Kier alpha value is -0.860. The van der Waals surface area contributed by atoms with Crippen molar-refractivity contribution in [1.82, 2.24) is 14.8 Å². The molecule has 0 spiro atoms. The van der Waals surface area contributed by atoms with Gasteiger partial charge >= 0.3 is 0 Å². The van der Waals surface area contributed by atoms with Gasteiger partial charge in [0.1, 0.15) is 12.2 Å². The van der Waals surface area contributed by atoms with Crippen LogP contribution in [0.25, 0.3) is 0 Å². The van der Waals surface area contributed by atoms with E-state index in [1.807, 2.05) is 6.33 Å². The van der Waals surface area contributed by atoms with E-state index in [9.17, 15) is 0 Å². The molecule has 1 unspecified atom stereocenters. The molecule has 0 radical (unpaired) electrons. The standard InChI is InChI=1S/C7H11N3/c1-6-2-3-7-9-8-5-10(7)4-6/h5-6H,2-4H2,1H3. The van der Waals surface area contributed by atoms with Gasteiger partial charge in [-0.1, -0.05) is 6.92 Å². The minimum atomic E-state index is 0.795. The van der Waals surface area contributed by atoms with Crippen molar-refractivity contribution >= 4 is 0 Å². The van der Waals surface area contributed by atoms with Gasteiger partial charge in [0, 0.05) is 13.0 Å². The molecule has 54 valence electrons. The fourth-order valence-corrected chi connectivity index (χ4v) is 1.43. The molecule has 0 N–H and O–H groups in total. The molecule has 2 rings (SSSR count). The summed E-state index contributed by atoms with van der Waals surface area (Å²) in [5.41, 5.74) is 0. The summed E-state index contributed by atoms with van der Waals surface area (Å²) >= 11 is 0. The summed E-state index contributed by atoms with van der Waals surface area (Å²) in [5.74, 6) is 1.95. The Balaban J connectivity index is 2.30. The van der Waals surface area contributed by atoms with Crippen molar-refractivity contribution in [2.75, 3.05) is 0 Å². The number of hydrogen-bond acceptors (Lipinski definition) is 2. The van der Waals surface area contributed by atoms with E-state index >= 15 is 0 Å². The van der Waals surface area contributed by atoms with Gasteiger partial charge < -0.3 is 4.57 Å². The first-order valence-corrected chi connectivity index (χ1v) is 3.73. The summed E-state index contributed by atoms with van der Waals surface area (Å²) in [4.78, 5) is 0. The van der Waals surface area contributed by atoms with Gasteiger partial charge in [-0.2, -0.15) is 0 Å². The molecule has 0 saturated heterocycles. The Morgan fingerprint density at radius 2 is 2.60 bits per heavy atom. The van der Waals surface area contributed by atoms with Gasteiger partial charge in [0.05, 0.1) is 0 Å². The van der Waals surface area contributed by atoms with Gasteiger partial charge in [-0.25, -0.2) is 0 Å². The quantitative estimate of drug-likeness (QED) is 0.531. The van der Waals surface area contributed by atoms with Gasteiger partial charge in [-0.05, 0) is 12.3 Å². The van der Waals surface area contributed by atoms with E-state index in [0.29, 0.717) is 0 Å². The molecular formula is C7H11N3. The van der Waals surface area contributed by atoms with Crippen molar-refractivity contribution < 1.29 is 0 Å². The summed E-state index contributed by atoms with van der Waals surface area (Å²) in [6.45, 7) is 3.37. The predicted molar refractivity (Wildman–Crippen MR) is 37.5 cm³/mol. The number of fused-ring (bicyclic) bond motifs is 1. The Bertz CT molecular complexity index is 229. The summed E-state index contributed by atoms with van der Waals surface area (Å²) in [5, 5.41) is 7.86. The first kappa shape index (κ1) is 5.89. The minimum Gasteiger partial charge on any atom is -0.317 e. The monoisotopic (exact) mass is 137 g/mol. The van der Waals surface area contributed by atoms with E-state index in [1.54, 1.807) is 0 Å². The molecule has 10 heavy (non-hydrogen) atoms. The van der Waals surface area contributed by atoms with Crippen molar-refractivity contribution in [2.24, 2.45) is 5.92 Å². The molecule has 1 aromatic heterocycles. The zero-order valence-electron chi connectivity index (χ0n) is 6.12. The van der Waals surface area contributed by atoms with Crippen molar-refractivity contribution in [3.8, 4) is 0 Å². The van der Waals surface area contributed by atoms with Gasteiger partial charge in [0.25, 0.3) is 0 Å². The van der Waals surface area contributed by atoms with Crippen LogP contribution in [-0.2, 0) is 13.0 Å². The second kappa shape index (κ2) is 2.08. The lowest BCUT2D eigenvalue weighted by Crippen LogP contribution is -2.17. The fourth-order valence-electron chi connectivity index (χ4n) is 1.43. The van der Waals surface area contributed by atoms with Gasteiger partial charge in [-0.3, -0.25) is 0 Å². The highest BCUT2D eigenvalue weighted by Crippen LogP contribution is 2.16. The Morgan fingerprint density at radius 3 is 3.50 bits per heavy atom. The molecule has 1 atom stereocenters. The fraction of sp³-hybridized carbons (Fsp3) is 0.714. The molecule has 0 amide bonds. The van der Waals surface area contributed by atoms with E-state index in [2.05, 4.69) is 21.7 Å². The normalized spacial score (nSPS) is 24.3. The second-order valence-electron chi connectivity index (χ2n) is 3.04. The van der Waals surface area contributed by atoms with Crippen LogP contribution in [0.15, 0.2) is 6.33 Å². The van der Waals surface area contributed by atoms with Crippen LogP contribution < -0.4 is 0 Å². The third-order valence-corrected chi connectivity index (χ3v) is 2.06. The van der Waals surface area contributed by atoms with Crippen LogP contribution in [0.1, 0.15) is 19.2 Å². The lowest BCUT2D eigenvalue weighted by molar-refractivity contribution is 0.394. The van der Waals surface area contributed by atoms with Crippen LogP contribution >= 0.6 is 0 Å². The largest absolute Gasteiger partial charge is 0.317 e. The SMILES string of the molecule is CC1CCc2nncn2C1. The summed E-state index contributed by atoms with van der Waals surface area (Å²) in [6, 6.07) is 0. The summed E-state index contributed by atoms with van der Waals surface area (Å²) in [7, 11) is 0. The average molecular weight is 137 g/mol. The van der Waals surface area contributed by atoms with Crippen LogP contribution in [-0.4, -0.2) is 14.8 Å².